The normalized spacial score (nSPS) is 23.4. The van der Waals surface area contributed by atoms with E-state index in [1.165, 1.54) is 11.8 Å². The Morgan fingerprint density at radius 1 is 0.875 bits per heavy atom. The predicted molar refractivity (Wildman–Crippen MR) is 165 cm³/mol. The summed E-state index contributed by atoms with van der Waals surface area (Å²) in [4.78, 5) is 0.239. The molecule has 2 unspecified atom stereocenters. The van der Waals surface area contributed by atoms with Crippen molar-refractivity contribution in [1.29, 1.82) is 0 Å². The van der Waals surface area contributed by atoms with Crippen molar-refractivity contribution in [3.63, 3.8) is 0 Å². The Labute approximate surface area is 238 Å². The second-order valence-corrected chi connectivity index (χ2v) is 15.5. The molecule has 2 N–H and O–H groups in total. The van der Waals surface area contributed by atoms with Gasteiger partial charge in [0.15, 0.2) is 15.6 Å². The van der Waals surface area contributed by atoms with Crippen LogP contribution < -0.4 is 25.8 Å². The van der Waals surface area contributed by atoms with Crippen molar-refractivity contribution in [2.75, 3.05) is 16.9 Å². The summed E-state index contributed by atoms with van der Waals surface area (Å²) in [5, 5.41) is 9.20. The van der Waals surface area contributed by atoms with Crippen LogP contribution in [0, 0.1) is 6.92 Å². The predicted octanol–water partition coefficient (Wildman–Crippen LogP) is 6.56. The van der Waals surface area contributed by atoms with Gasteiger partial charge in [-0.3, -0.25) is 0 Å². The number of fused-ring (bicyclic) bond motifs is 4. The Morgan fingerprint density at radius 3 is 1.98 bits per heavy atom. The summed E-state index contributed by atoms with van der Waals surface area (Å²) in [5.41, 5.74) is 7.49. The van der Waals surface area contributed by atoms with E-state index >= 15 is 0 Å². The highest BCUT2D eigenvalue weighted by Gasteiger charge is 2.40. The monoisotopic (exact) mass is 556 g/mol. The van der Waals surface area contributed by atoms with E-state index in [4.69, 9.17) is 4.74 Å². The van der Waals surface area contributed by atoms with Crippen LogP contribution in [0.5, 0.6) is 11.5 Å². The van der Waals surface area contributed by atoms with Gasteiger partial charge in [0.1, 0.15) is 10.6 Å². The molecule has 0 spiro atoms. The fourth-order valence-electron chi connectivity index (χ4n) is 7.35. The molecule has 6 rings (SSSR count). The molecule has 210 valence electrons. The average molecular weight is 557 g/mol. The fraction of sp³-hybridized carbons (Fsp3) is 0.412. The largest absolute Gasteiger partial charge is 0.454 e. The molecule has 3 aliphatic rings. The van der Waals surface area contributed by atoms with Crippen LogP contribution in [0.25, 0.3) is 12.2 Å². The van der Waals surface area contributed by atoms with Gasteiger partial charge in [-0.1, -0.05) is 44.7 Å². The standard InChI is InChI=1S/C34H40N2O3S/c1-18-12-10-11-13-22(18)27-25-14-23-19(2)16-33(5,6)35-28(23)21(4)30(25)39-31-26(27)15-24-20(3)17-34(7,8)36-29(24)32(31)40(9,37)38/h10-15,19-20,35-36H,1,16-17H2,2-9H3. The first-order valence-corrected chi connectivity index (χ1v) is 16.1. The van der Waals surface area contributed by atoms with Crippen LogP contribution in [0.15, 0.2) is 41.3 Å². The number of ether oxygens (including phenoxy) is 1. The van der Waals surface area contributed by atoms with Crippen LogP contribution in [0.2, 0.25) is 0 Å². The summed E-state index contributed by atoms with van der Waals surface area (Å²) in [5.74, 6) is 1.63. The number of rotatable bonds is 1. The number of benzene rings is 3. The minimum absolute atomic E-state index is 0.0624. The lowest BCUT2D eigenvalue weighted by atomic mass is 9.77. The molecule has 0 amide bonds. The van der Waals surface area contributed by atoms with Gasteiger partial charge in [-0.05, 0) is 93.0 Å². The quantitative estimate of drug-likeness (QED) is 0.278. The van der Waals surface area contributed by atoms with Gasteiger partial charge in [-0.25, -0.2) is 8.42 Å². The van der Waals surface area contributed by atoms with Gasteiger partial charge >= 0.3 is 0 Å². The molecule has 0 saturated heterocycles. The van der Waals surface area contributed by atoms with Crippen molar-refractivity contribution in [3.05, 3.63) is 74.7 Å². The van der Waals surface area contributed by atoms with E-state index in [1.807, 2.05) is 18.2 Å². The van der Waals surface area contributed by atoms with E-state index in [0.29, 0.717) is 23.1 Å². The van der Waals surface area contributed by atoms with Crippen molar-refractivity contribution in [1.82, 2.24) is 0 Å². The first kappa shape index (κ1) is 26.9. The SMILES string of the molecule is C=c1ccccc1=C1c2cc3c(c(C)c2Oc2c1cc1c(c2S(C)(=O)=O)NC(C)(C)CC1C)NC(C)(C)CC3C. The summed E-state index contributed by atoms with van der Waals surface area (Å²) in [6, 6.07) is 12.5. The van der Waals surface area contributed by atoms with Gasteiger partial charge in [0.25, 0.3) is 0 Å². The van der Waals surface area contributed by atoms with E-state index < -0.39 is 9.84 Å². The van der Waals surface area contributed by atoms with Crippen molar-refractivity contribution in [3.8, 4) is 11.5 Å². The van der Waals surface area contributed by atoms with Gasteiger partial charge in [0, 0.05) is 45.3 Å². The third kappa shape index (κ3) is 4.14. The Bertz CT molecular complexity index is 1820. The van der Waals surface area contributed by atoms with Gasteiger partial charge in [-0.2, -0.15) is 0 Å². The van der Waals surface area contributed by atoms with E-state index in [9.17, 15) is 8.42 Å². The Balaban J connectivity index is 1.79. The zero-order chi connectivity index (χ0) is 28.9. The molecule has 0 bridgehead atoms. The Kier molecular flexibility index (Phi) is 5.81. The topological polar surface area (TPSA) is 67.4 Å². The van der Waals surface area contributed by atoms with Gasteiger partial charge in [0.05, 0.1) is 5.69 Å². The molecular weight excluding hydrogens is 516 g/mol. The van der Waals surface area contributed by atoms with Crippen LogP contribution in [0.3, 0.4) is 0 Å². The molecule has 3 aromatic carbocycles. The average Bonchev–Trinajstić information content (AvgIpc) is 2.81. The fourth-order valence-corrected chi connectivity index (χ4v) is 8.37. The van der Waals surface area contributed by atoms with Gasteiger partial charge in [0.2, 0.25) is 0 Å². The summed E-state index contributed by atoms with van der Waals surface area (Å²) in [7, 11) is -3.67. The molecule has 0 aliphatic carbocycles. The maximum atomic E-state index is 13.6. The molecule has 0 aromatic heterocycles. The lowest BCUT2D eigenvalue weighted by Gasteiger charge is -2.41. The van der Waals surface area contributed by atoms with Crippen molar-refractivity contribution in [2.45, 2.75) is 89.1 Å². The third-order valence-electron chi connectivity index (χ3n) is 8.84. The van der Waals surface area contributed by atoms with Crippen molar-refractivity contribution < 1.29 is 13.2 Å². The molecule has 0 radical (unpaired) electrons. The molecular formula is C34H40N2O3S. The summed E-state index contributed by atoms with van der Waals surface area (Å²) in [6.45, 7) is 19.6. The van der Waals surface area contributed by atoms with Crippen LogP contribution in [0.1, 0.15) is 94.0 Å². The van der Waals surface area contributed by atoms with Crippen molar-refractivity contribution in [2.24, 2.45) is 0 Å². The van der Waals surface area contributed by atoms with Gasteiger partial charge in [-0.15, -0.1) is 0 Å². The molecule has 3 aliphatic heterocycles. The number of anilines is 2. The highest BCUT2D eigenvalue weighted by atomic mass is 32.2. The maximum absolute atomic E-state index is 13.6. The molecule has 0 fully saturated rings. The molecule has 3 aromatic rings. The zero-order valence-corrected chi connectivity index (χ0v) is 25.7. The first-order valence-electron chi connectivity index (χ1n) is 14.2. The molecule has 0 saturated carbocycles. The second kappa shape index (κ2) is 8.62. The number of hydrogen-bond acceptors (Lipinski definition) is 5. The van der Waals surface area contributed by atoms with Crippen molar-refractivity contribution >= 4 is 33.4 Å². The van der Waals surface area contributed by atoms with E-state index in [0.717, 1.165) is 56.8 Å². The highest BCUT2D eigenvalue weighted by Crippen LogP contribution is 2.56. The lowest BCUT2D eigenvalue weighted by Crippen LogP contribution is -2.38. The number of sulfone groups is 1. The lowest BCUT2D eigenvalue weighted by molar-refractivity contribution is 0.433. The van der Waals surface area contributed by atoms with Gasteiger partial charge < -0.3 is 15.4 Å². The minimum Gasteiger partial charge on any atom is -0.454 e. The summed E-state index contributed by atoms with van der Waals surface area (Å²) < 4.78 is 34.0. The first-order chi connectivity index (χ1) is 18.6. The molecule has 2 atom stereocenters. The Morgan fingerprint density at radius 2 is 1.40 bits per heavy atom. The van der Waals surface area contributed by atoms with E-state index in [2.05, 4.69) is 83.9 Å². The number of nitrogens with one attached hydrogen (secondary N) is 2. The van der Waals surface area contributed by atoms with E-state index in [-0.39, 0.29) is 21.9 Å². The second-order valence-electron chi connectivity index (χ2n) is 13.5. The third-order valence-corrected chi connectivity index (χ3v) is 9.97. The molecule has 40 heavy (non-hydrogen) atoms. The van der Waals surface area contributed by atoms with Crippen LogP contribution in [0.4, 0.5) is 11.4 Å². The maximum Gasteiger partial charge on any atom is 0.181 e. The Hall–Kier alpha value is -3.25. The number of hydrogen-bond donors (Lipinski definition) is 2. The molecule has 3 heterocycles. The summed E-state index contributed by atoms with van der Waals surface area (Å²) in [6.07, 6.45) is 3.20. The smallest absolute Gasteiger partial charge is 0.181 e. The van der Waals surface area contributed by atoms with E-state index in [1.54, 1.807) is 0 Å². The molecule has 5 nitrogen and oxygen atoms in total. The minimum atomic E-state index is -3.67. The molecule has 6 heteroatoms. The van der Waals surface area contributed by atoms with Crippen LogP contribution >= 0.6 is 0 Å². The highest BCUT2D eigenvalue weighted by molar-refractivity contribution is 7.91. The zero-order valence-electron chi connectivity index (χ0n) is 24.9. The summed E-state index contributed by atoms with van der Waals surface area (Å²) >= 11 is 0. The van der Waals surface area contributed by atoms with Crippen LogP contribution in [-0.4, -0.2) is 25.8 Å². The van der Waals surface area contributed by atoms with Crippen LogP contribution in [-0.2, 0) is 9.84 Å².